The van der Waals surface area contributed by atoms with Gasteiger partial charge in [-0.2, -0.15) is 0 Å². The van der Waals surface area contributed by atoms with Crippen molar-refractivity contribution in [2.24, 2.45) is 17.8 Å². The van der Waals surface area contributed by atoms with Crippen molar-refractivity contribution in [3.8, 4) is 0 Å². The number of aliphatic hydroxyl groups is 3. The van der Waals surface area contributed by atoms with Gasteiger partial charge in [-0.15, -0.1) is 0 Å². The summed E-state index contributed by atoms with van der Waals surface area (Å²) in [5.74, 6) is -2.56. The van der Waals surface area contributed by atoms with Gasteiger partial charge in [0.05, 0.1) is 36.9 Å². The highest BCUT2D eigenvalue weighted by Gasteiger charge is 2.53. The zero-order chi connectivity index (χ0) is 44.2. The van der Waals surface area contributed by atoms with Crippen molar-refractivity contribution in [1.29, 1.82) is 0 Å². The Morgan fingerprint density at radius 2 is 1.71 bits per heavy atom. The van der Waals surface area contributed by atoms with Crippen molar-refractivity contribution in [3.05, 3.63) is 24.3 Å². The Morgan fingerprint density at radius 1 is 1.02 bits per heavy atom. The van der Waals surface area contributed by atoms with Crippen LogP contribution in [0.1, 0.15) is 100 Å². The third kappa shape index (κ3) is 15.0. The molecule has 338 valence electrons. The number of aldehydes is 1. The molecule has 3 heterocycles. The van der Waals surface area contributed by atoms with E-state index in [1.54, 1.807) is 64.9 Å². The lowest BCUT2D eigenvalue weighted by molar-refractivity contribution is -0.344. The first-order valence-corrected chi connectivity index (χ1v) is 20.9. The normalized spacial score (nSPS) is 40.2. The molecule has 16 atom stereocenters. The third-order valence-corrected chi connectivity index (χ3v) is 11.3. The number of allylic oxidation sites excluding steroid dienone is 2. The monoisotopic (exact) mass is 841 g/mol. The van der Waals surface area contributed by atoms with E-state index in [4.69, 9.17) is 37.9 Å². The predicted octanol–water partition coefficient (Wildman–Crippen LogP) is 3.40. The number of esters is 3. The number of rotatable bonds is 13. The highest BCUT2D eigenvalue weighted by Crippen LogP contribution is 2.38. The summed E-state index contributed by atoms with van der Waals surface area (Å²) in [6.45, 7) is 13.8. The third-order valence-electron chi connectivity index (χ3n) is 11.3. The van der Waals surface area contributed by atoms with E-state index >= 15 is 0 Å². The van der Waals surface area contributed by atoms with Crippen LogP contribution in [0.3, 0.4) is 0 Å². The van der Waals surface area contributed by atoms with Crippen molar-refractivity contribution in [2.75, 3.05) is 21.2 Å². The van der Waals surface area contributed by atoms with Gasteiger partial charge in [-0.25, -0.2) is 0 Å². The minimum Gasteiger partial charge on any atom is -0.462 e. The molecule has 59 heavy (non-hydrogen) atoms. The molecule has 3 N–H and O–H groups in total. The molecule has 0 aliphatic carbocycles. The largest absolute Gasteiger partial charge is 0.462 e. The summed E-state index contributed by atoms with van der Waals surface area (Å²) in [6.07, 6.45) is -3.42. The van der Waals surface area contributed by atoms with E-state index in [-0.39, 0.29) is 25.7 Å². The number of ether oxygens (including phenoxy) is 8. The molecule has 9 unspecified atom stereocenters. The van der Waals surface area contributed by atoms with Crippen molar-refractivity contribution in [2.45, 2.75) is 186 Å². The summed E-state index contributed by atoms with van der Waals surface area (Å²) in [5, 5.41) is 34.7. The van der Waals surface area contributed by atoms with Crippen LogP contribution in [0.4, 0.5) is 0 Å². The molecule has 0 bridgehead atoms. The summed E-state index contributed by atoms with van der Waals surface area (Å²) >= 11 is 0. The number of cyclic esters (lactones) is 1. The zero-order valence-corrected chi connectivity index (χ0v) is 36.8. The van der Waals surface area contributed by atoms with Crippen LogP contribution in [0.2, 0.25) is 0 Å². The van der Waals surface area contributed by atoms with Gasteiger partial charge in [-0.3, -0.25) is 14.4 Å². The SMILES string of the molecule is CO[C@@H]1[C@@H](OC2OC(C)C(OC3CC(C)(O)C(OC(=O)CCC(C)C)C(C)O3)C(N(C)C)C2O)[C@@H](CC=O)C[C@@H](C)[C@@H](O)/C=C/C=C\C[C@H](C)OC(=O)C[C@H]1OC(C)=O. The average molecular weight is 842 g/mol. The second kappa shape index (κ2) is 23.4. The predicted molar refractivity (Wildman–Crippen MR) is 214 cm³/mol. The first-order valence-electron chi connectivity index (χ1n) is 20.9. The number of methoxy groups -OCH3 is 1. The molecule has 0 saturated carbocycles. The Balaban J connectivity index is 1.96. The maximum Gasteiger partial charge on any atom is 0.309 e. The minimum atomic E-state index is -1.50. The molecule has 0 amide bonds. The molecule has 0 aromatic rings. The van der Waals surface area contributed by atoms with Crippen molar-refractivity contribution in [3.63, 3.8) is 0 Å². The number of hydrogen-bond donors (Lipinski definition) is 3. The topological polar surface area (TPSA) is 206 Å². The number of carbonyl (C=O) groups is 4. The quantitative estimate of drug-likeness (QED) is 0.138. The van der Waals surface area contributed by atoms with E-state index in [9.17, 15) is 34.5 Å². The van der Waals surface area contributed by atoms with E-state index in [2.05, 4.69) is 0 Å². The highest BCUT2D eigenvalue weighted by molar-refractivity contribution is 5.72. The van der Waals surface area contributed by atoms with Crippen LogP contribution >= 0.6 is 0 Å². The van der Waals surface area contributed by atoms with Gasteiger partial charge in [0, 0.05) is 39.7 Å². The van der Waals surface area contributed by atoms with Gasteiger partial charge in [0.2, 0.25) is 0 Å². The van der Waals surface area contributed by atoms with E-state index < -0.39 is 121 Å². The molecule has 3 aliphatic rings. The first kappa shape index (κ1) is 50.6. The molecule has 0 spiro atoms. The van der Waals surface area contributed by atoms with Crippen LogP contribution in [0.25, 0.3) is 0 Å². The lowest BCUT2D eigenvalue weighted by Crippen LogP contribution is -2.66. The lowest BCUT2D eigenvalue weighted by Gasteiger charge is -2.50. The summed E-state index contributed by atoms with van der Waals surface area (Å²) in [7, 11) is 4.86. The van der Waals surface area contributed by atoms with Gasteiger partial charge >= 0.3 is 17.9 Å². The molecule has 0 aromatic carbocycles. The second-order valence-corrected chi connectivity index (χ2v) is 17.3. The van der Waals surface area contributed by atoms with Gasteiger partial charge < -0.3 is 62.9 Å². The number of aliphatic hydroxyl groups excluding tert-OH is 2. The van der Waals surface area contributed by atoms with E-state index in [0.717, 1.165) is 0 Å². The van der Waals surface area contributed by atoms with Gasteiger partial charge in [-0.1, -0.05) is 45.1 Å². The smallest absolute Gasteiger partial charge is 0.309 e. The van der Waals surface area contributed by atoms with E-state index in [0.29, 0.717) is 25.0 Å². The van der Waals surface area contributed by atoms with Crippen LogP contribution in [0.5, 0.6) is 0 Å². The Hall–Kier alpha value is -2.80. The molecule has 0 radical (unpaired) electrons. The number of hydrogen-bond acceptors (Lipinski definition) is 16. The molecular formula is C43H71NO15. The Morgan fingerprint density at radius 3 is 2.31 bits per heavy atom. The summed E-state index contributed by atoms with van der Waals surface area (Å²) < 4.78 is 48.7. The summed E-state index contributed by atoms with van der Waals surface area (Å²) in [6, 6.07) is -0.782. The molecule has 16 heteroatoms. The average Bonchev–Trinajstić information content (AvgIpc) is 3.12. The van der Waals surface area contributed by atoms with Gasteiger partial charge in [0.15, 0.2) is 18.7 Å². The van der Waals surface area contributed by atoms with E-state index in [1.807, 2.05) is 26.8 Å². The van der Waals surface area contributed by atoms with Gasteiger partial charge in [0.1, 0.15) is 42.4 Å². The van der Waals surface area contributed by atoms with Crippen LogP contribution in [-0.4, -0.2) is 151 Å². The molecule has 3 rings (SSSR count). The molecule has 16 nitrogen and oxygen atoms in total. The summed E-state index contributed by atoms with van der Waals surface area (Å²) in [5.41, 5.74) is -1.50. The van der Waals surface area contributed by atoms with Gasteiger partial charge in [-0.05, 0) is 72.4 Å². The fourth-order valence-electron chi connectivity index (χ4n) is 8.16. The van der Waals surface area contributed by atoms with Crippen molar-refractivity contribution in [1.82, 2.24) is 4.90 Å². The lowest BCUT2D eigenvalue weighted by atomic mass is 9.82. The Bertz CT molecular complexity index is 1400. The Labute approximate surface area is 349 Å². The first-order chi connectivity index (χ1) is 27.7. The number of carbonyl (C=O) groups excluding carboxylic acids is 4. The standard InChI is InChI=1S/C43H71NO15/c1-24(2)17-18-33(48)57-41-28(6)54-35(23-43(41,8)51)58-38-27(5)55-42(37(50)36(38)44(9)10)59-39-30(19-20-45)21-25(3)31(47)16-14-12-13-15-26(4)53-34(49)22-32(40(39)52-11)56-29(7)46/h12-14,16,20,24-28,30-32,35-42,47,50-51H,15,17-19,21-23H2,1-11H3/b13-12-,16-14+/t25-,26+,27?,28?,30+,31+,32-,35?,36?,37?,38?,39+,40+,41?,42?,43?/m1/s1. The van der Waals surface area contributed by atoms with Crippen molar-refractivity contribution >= 4 is 24.2 Å². The number of likely N-dealkylation sites (N-methyl/N-ethyl adjacent to an activating group) is 1. The molecule has 0 aromatic heterocycles. The molecular weight excluding hydrogens is 770 g/mol. The van der Waals surface area contributed by atoms with Gasteiger partial charge in [0.25, 0.3) is 0 Å². The highest BCUT2D eigenvalue weighted by atomic mass is 16.7. The fourth-order valence-corrected chi connectivity index (χ4v) is 8.16. The second-order valence-electron chi connectivity index (χ2n) is 17.3. The van der Waals surface area contributed by atoms with Crippen molar-refractivity contribution < 1.29 is 72.4 Å². The van der Waals surface area contributed by atoms with E-state index in [1.165, 1.54) is 14.0 Å². The zero-order valence-electron chi connectivity index (χ0n) is 36.8. The number of nitrogens with zero attached hydrogens (tertiary/aromatic N) is 1. The minimum absolute atomic E-state index is 0.0436. The summed E-state index contributed by atoms with van der Waals surface area (Å²) in [4.78, 5) is 52.4. The van der Waals surface area contributed by atoms with Crippen LogP contribution in [-0.2, 0) is 57.1 Å². The Kier molecular flexibility index (Phi) is 20.1. The molecule has 3 aliphatic heterocycles. The van der Waals surface area contributed by atoms with Crippen LogP contribution in [0.15, 0.2) is 24.3 Å². The maximum atomic E-state index is 13.3. The molecule has 2 fully saturated rings. The van der Waals surface area contributed by atoms with Crippen LogP contribution in [0, 0.1) is 17.8 Å². The fraction of sp³-hybridized carbons (Fsp3) is 0.814. The molecule has 2 saturated heterocycles. The van der Waals surface area contributed by atoms with Crippen LogP contribution < -0.4 is 0 Å². The maximum absolute atomic E-state index is 13.3.